The molecule has 0 spiro atoms. The third-order valence-corrected chi connectivity index (χ3v) is 4.76. The molecule has 0 radical (unpaired) electrons. The number of hydrogen-bond donors (Lipinski definition) is 2. The summed E-state index contributed by atoms with van der Waals surface area (Å²) in [6, 6.07) is 13.5. The van der Waals surface area contributed by atoms with Crippen molar-refractivity contribution < 1.29 is 19.1 Å². The van der Waals surface area contributed by atoms with Gasteiger partial charge in [0.1, 0.15) is 5.75 Å². The van der Waals surface area contributed by atoms with Gasteiger partial charge in [0.2, 0.25) is 5.91 Å². The summed E-state index contributed by atoms with van der Waals surface area (Å²) in [6.45, 7) is 1.30. The van der Waals surface area contributed by atoms with Gasteiger partial charge in [0.25, 0.3) is 5.91 Å². The fourth-order valence-corrected chi connectivity index (χ4v) is 3.44. The normalized spacial score (nSPS) is 13.8. The lowest BCUT2D eigenvalue weighted by Crippen LogP contribution is -2.18. The van der Waals surface area contributed by atoms with Crippen LogP contribution in [0.3, 0.4) is 0 Å². The molecular weight excluding hydrogens is 356 g/mol. The molecule has 0 saturated heterocycles. The Morgan fingerprint density at radius 2 is 1.64 bits per heavy atom. The molecule has 6 heteroatoms. The Labute approximate surface area is 164 Å². The molecular formula is C22H24N2O4. The van der Waals surface area contributed by atoms with Gasteiger partial charge in [-0.1, -0.05) is 31.0 Å². The number of carbonyl (C=O) groups is 3. The summed E-state index contributed by atoms with van der Waals surface area (Å²) in [6.07, 6.45) is 5.09. The predicted octanol–water partition coefficient (Wildman–Crippen LogP) is 4.38. The summed E-state index contributed by atoms with van der Waals surface area (Å²) in [5, 5.41) is 5.72. The van der Waals surface area contributed by atoms with E-state index in [1.807, 2.05) is 6.07 Å². The minimum atomic E-state index is -0.451. The smallest absolute Gasteiger partial charge is 0.308 e. The molecule has 1 fully saturated rings. The Hall–Kier alpha value is -3.15. The molecule has 2 N–H and O–H groups in total. The highest BCUT2D eigenvalue weighted by Gasteiger charge is 2.19. The quantitative estimate of drug-likeness (QED) is 0.575. The van der Waals surface area contributed by atoms with Crippen molar-refractivity contribution in [3.63, 3.8) is 0 Å². The largest absolute Gasteiger partial charge is 0.427 e. The van der Waals surface area contributed by atoms with E-state index in [2.05, 4.69) is 10.6 Å². The molecule has 1 aliphatic rings. The monoisotopic (exact) mass is 380 g/mol. The minimum Gasteiger partial charge on any atom is -0.427 e. The zero-order valence-corrected chi connectivity index (χ0v) is 15.9. The zero-order chi connectivity index (χ0) is 19.9. The van der Waals surface area contributed by atoms with Gasteiger partial charge in [0.05, 0.1) is 11.4 Å². The van der Waals surface area contributed by atoms with E-state index in [4.69, 9.17) is 4.74 Å². The molecule has 0 unspecified atom stereocenters. The number of anilines is 2. The molecule has 0 heterocycles. The van der Waals surface area contributed by atoms with Gasteiger partial charge in [-0.15, -0.1) is 0 Å². The lowest BCUT2D eigenvalue weighted by Gasteiger charge is -2.14. The molecule has 6 nitrogen and oxygen atoms in total. The van der Waals surface area contributed by atoms with Gasteiger partial charge in [0, 0.05) is 18.9 Å². The van der Waals surface area contributed by atoms with Crippen molar-refractivity contribution >= 4 is 29.2 Å². The molecule has 0 aromatic heterocycles. The highest BCUT2D eigenvalue weighted by molar-refractivity contribution is 6.07. The van der Waals surface area contributed by atoms with Crippen molar-refractivity contribution in [2.45, 2.75) is 39.0 Å². The first-order valence-electron chi connectivity index (χ1n) is 9.50. The molecule has 0 aliphatic heterocycles. The van der Waals surface area contributed by atoms with Gasteiger partial charge in [-0.2, -0.15) is 0 Å². The summed E-state index contributed by atoms with van der Waals surface area (Å²) in [4.78, 5) is 36.0. The second kappa shape index (κ2) is 9.17. The zero-order valence-electron chi connectivity index (χ0n) is 15.9. The van der Waals surface area contributed by atoms with Crippen LogP contribution < -0.4 is 15.4 Å². The Morgan fingerprint density at radius 3 is 2.32 bits per heavy atom. The SMILES string of the molecule is CC(=O)Oc1cccc(C(=O)Nc2ccccc2NC(=O)CC2CCCC2)c1. The molecule has 146 valence electrons. The predicted molar refractivity (Wildman–Crippen MR) is 107 cm³/mol. The number of rotatable bonds is 6. The summed E-state index contributed by atoms with van der Waals surface area (Å²) in [5.74, 6) is -0.0890. The second-order valence-corrected chi connectivity index (χ2v) is 7.02. The van der Waals surface area contributed by atoms with E-state index >= 15 is 0 Å². The van der Waals surface area contributed by atoms with Crippen molar-refractivity contribution in [1.29, 1.82) is 0 Å². The molecule has 0 atom stereocenters. The molecule has 0 bridgehead atoms. The third kappa shape index (κ3) is 5.42. The van der Waals surface area contributed by atoms with Crippen LogP contribution in [0.2, 0.25) is 0 Å². The first kappa shape index (κ1) is 19.6. The summed E-state index contributed by atoms with van der Waals surface area (Å²) >= 11 is 0. The maximum atomic E-state index is 12.6. The highest BCUT2D eigenvalue weighted by atomic mass is 16.5. The molecule has 1 saturated carbocycles. The lowest BCUT2D eigenvalue weighted by atomic mass is 10.0. The van der Waals surface area contributed by atoms with E-state index in [1.54, 1.807) is 36.4 Å². The Bertz CT molecular complexity index is 872. The first-order valence-corrected chi connectivity index (χ1v) is 9.50. The Balaban J connectivity index is 1.68. The summed E-state index contributed by atoms with van der Waals surface area (Å²) in [7, 11) is 0. The number of hydrogen-bond acceptors (Lipinski definition) is 4. The van der Waals surface area contributed by atoms with Crippen LogP contribution in [0.1, 0.15) is 49.4 Å². The Kier molecular flexibility index (Phi) is 6.42. The molecule has 3 rings (SSSR count). The van der Waals surface area contributed by atoms with Gasteiger partial charge in [-0.3, -0.25) is 14.4 Å². The number of esters is 1. The van der Waals surface area contributed by atoms with Crippen LogP contribution in [-0.4, -0.2) is 17.8 Å². The number of para-hydroxylation sites is 2. The lowest BCUT2D eigenvalue weighted by molar-refractivity contribution is -0.131. The molecule has 2 amide bonds. The van der Waals surface area contributed by atoms with Gasteiger partial charge >= 0.3 is 5.97 Å². The Morgan fingerprint density at radius 1 is 0.964 bits per heavy atom. The summed E-state index contributed by atoms with van der Waals surface area (Å²) in [5.41, 5.74) is 1.44. The number of carbonyl (C=O) groups excluding carboxylic acids is 3. The van der Waals surface area contributed by atoms with Crippen LogP contribution in [0.15, 0.2) is 48.5 Å². The van der Waals surface area contributed by atoms with Crippen LogP contribution >= 0.6 is 0 Å². The second-order valence-electron chi connectivity index (χ2n) is 7.02. The van der Waals surface area contributed by atoms with Gasteiger partial charge in [-0.05, 0) is 49.1 Å². The maximum Gasteiger partial charge on any atom is 0.308 e. The van der Waals surface area contributed by atoms with Crippen molar-refractivity contribution in [3.05, 3.63) is 54.1 Å². The fourth-order valence-electron chi connectivity index (χ4n) is 3.44. The number of benzene rings is 2. The first-order chi connectivity index (χ1) is 13.5. The van der Waals surface area contributed by atoms with Crippen LogP contribution in [0.4, 0.5) is 11.4 Å². The van der Waals surface area contributed by atoms with E-state index in [1.165, 1.54) is 25.8 Å². The maximum absolute atomic E-state index is 12.6. The van der Waals surface area contributed by atoms with E-state index < -0.39 is 5.97 Å². The van der Waals surface area contributed by atoms with Gasteiger partial charge < -0.3 is 15.4 Å². The number of nitrogens with one attached hydrogen (secondary N) is 2. The standard InChI is InChI=1S/C22H24N2O4/c1-15(25)28-18-10-6-9-17(14-18)22(27)24-20-12-5-4-11-19(20)23-21(26)13-16-7-2-3-8-16/h4-6,9-12,14,16H,2-3,7-8,13H2,1H3,(H,23,26)(H,24,27). The minimum absolute atomic E-state index is 0.0366. The van der Waals surface area contributed by atoms with E-state index in [-0.39, 0.29) is 11.8 Å². The van der Waals surface area contributed by atoms with Crippen molar-refractivity contribution in [3.8, 4) is 5.75 Å². The van der Waals surface area contributed by atoms with Crippen LogP contribution in [0.5, 0.6) is 5.75 Å². The van der Waals surface area contributed by atoms with Crippen molar-refractivity contribution in [2.75, 3.05) is 10.6 Å². The summed E-state index contributed by atoms with van der Waals surface area (Å²) < 4.78 is 5.02. The van der Waals surface area contributed by atoms with E-state index in [9.17, 15) is 14.4 Å². The topological polar surface area (TPSA) is 84.5 Å². The molecule has 2 aromatic rings. The van der Waals surface area contributed by atoms with Crippen LogP contribution in [0.25, 0.3) is 0 Å². The van der Waals surface area contributed by atoms with Crippen LogP contribution in [-0.2, 0) is 9.59 Å². The molecule has 1 aliphatic carbocycles. The van der Waals surface area contributed by atoms with Crippen molar-refractivity contribution in [2.24, 2.45) is 5.92 Å². The van der Waals surface area contributed by atoms with E-state index in [0.29, 0.717) is 35.0 Å². The fraction of sp³-hybridized carbons (Fsp3) is 0.318. The highest BCUT2D eigenvalue weighted by Crippen LogP contribution is 2.29. The van der Waals surface area contributed by atoms with Gasteiger partial charge in [-0.25, -0.2) is 0 Å². The molecule has 28 heavy (non-hydrogen) atoms. The average molecular weight is 380 g/mol. The molecule has 2 aromatic carbocycles. The number of ether oxygens (including phenoxy) is 1. The number of amides is 2. The van der Waals surface area contributed by atoms with Crippen molar-refractivity contribution in [1.82, 2.24) is 0 Å². The van der Waals surface area contributed by atoms with Crippen LogP contribution in [0, 0.1) is 5.92 Å². The van der Waals surface area contributed by atoms with E-state index in [0.717, 1.165) is 12.8 Å². The third-order valence-electron chi connectivity index (χ3n) is 4.76. The van der Waals surface area contributed by atoms with Gasteiger partial charge in [0.15, 0.2) is 0 Å². The average Bonchev–Trinajstić information content (AvgIpc) is 3.16.